The molecular weight excluding hydrogens is 256 g/mol. The highest BCUT2D eigenvalue weighted by molar-refractivity contribution is 7.89. The van der Waals surface area contributed by atoms with E-state index < -0.39 is 16.1 Å². The first-order valence-electron chi connectivity index (χ1n) is 6.29. The maximum atomic E-state index is 12.0. The van der Waals surface area contributed by atoms with Crippen molar-refractivity contribution in [3.8, 4) is 0 Å². The second-order valence-corrected chi connectivity index (χ2v) is 6.65. The van der Waals surface area contributed by atoms with Crippen molar-refractivity contribution in [2.24, 2.45) is 5.92 Å². The molecule has 0 aromatic carbocycles. The van der Waals surface area contributed by atoms with E-state index in [0.717, 1.165) is 6.42 Å². The summed E-state index contributed by atoms with van der Waals surface area (Å²) in [5.74, 6) is -0.0665. The van der Waals surface area contributed by atoms with Crippen molar-refractivity contribution < 1.29 is 18.3 Å². The second kappa shape index (κ2) is 6.49. The van der Waals surface area contributed by atoms with Crippen LogP contribution in [0.25, 0.3) is 0 Å². The van der Waals surface area contributed by atoms with Crippen LogP contribution in [0, 0.1) is 5.92 Å². The van der Waals surface area contributed by atoms with Crippen LogP contribution in [0.5, 0.6) is 0 Å². The molecule has 1 aliphatic rings. The number of hydrogen-bond acceptors (Lipinski definition) is 4. The average Bonchev–Trinajstić information content (AvgIpc) is 2.75. The van der Waals surface area contributed by atoms with Crippen LogP contribution in [0.4, 0.5) is 0 Å². The number of carbonyl (C=O) groups is 1. The van der Waals surface area contributed by atoms with Gasteiger partial charge >= 0.3 is 0 Å². The van der Waals surface area contributed by atoms with Crippen molar-refractivity contribution in [1.29, 1.82) is 0 Å². The number of carbonyl (C=O) groups excluding carboxylic acids is 1. The third-order valence-corrected chi connectivity index (χ3v) is 4.71. The molecule has 1 amide bonds. The van der Waals surface area contributed by atoms with Gasteiger partial charge in [0, 0.05) is 25.6 Å². The number of nitrogens with zero attached hydrogens (tertiary/aromatic N) is 1. The molecule has 1 fully saturated rings. The highest BCUT2D eigenvalue weighted by atomic mass is 32.2. The first kappa shape index (κ1) is 15.4. The van der Waals surface area contributed by atoms with Crippen LogP contribution in [0.1, 0.15) is 26.7 Å². The molecule has 0 spiro atoms. The minimum atomic E-state index is -3.37. The van der Waals surface area contributed by atoms with E-state index in [1.165, 1.54) is 0 Å². The first-order chi connectivity index (χ1) is 8.39. The predicted octanol–water partition coefficient (Wildman–Crippen LogP) is -0.455. The zero-order chi connectivity index (χ0) is 13.8. The molecule has 2 unspecified atom stereocenters. The van der Waals surface area contributed by atoms with Crippen molar-refractivity contribution >= 4 is 15.9 Å². The Morgan fingerprint density at radius 3 is 2.72 bits per heavy atom. The fourth-order valence-corrected chi connectivity index (χ4v) is 3.40. The quantitative estimate of drug-likeness (QED) is 0.688. The summed E-state index contributed by atoms with van der Waals surface area (Å²) in [6.07, 6.45) is 1.29. The zero-order valence-electron chi connectivity index (χ0n) is 10.9. The second-order valence-electron chi connectivity index (χ2n) is 4.78. The first-order valence-corrected chi connectivity index (χ1v) is 7.94. The highest BCUT2D eigenvalue weighted by Crippen LogP contribution is 2.16. The van der Waals surface area contributed by atoms with Crippen molar-refractivity contribution in [3.05, 3.63) is 0 Å². The van der Waals surface area contributed by atoms with Crippen LogP contribution in [-0.4, -0.2) is 55.8 Å². The van der Waals surface area contributed by atoms with Gasteiger partial charge in [0.2, 0.25) is 15.9 Å². The number of likely N-dealkylation sites (tertiary alicyclic amines) is 1. The molecule has 0 saturated carbocycles. The standard InChI is InChI=1S/C11H22N2O4S/c1-3-6-18(16,17)12-9(2)11(15)13-5-4-10(7-13)8-14/h9-10,12,14H,3-8H2,1-2H3. The highest BCUT2D eigenvalue weighted by Gasteiger charge is 2.30. The Balaban J connectivity index is 2.52. The van der Waals surface area contributed by atoms with Crippen molar-refractivity contribution in [2.45, 2.75) is 32.7 Å². The van der Waals surface area contributed by atoms with Gasteiger partial charge in [-0.2, -0.15) is 0 Å². The number of amides is 1. The van der Waals surface area contributed by atoms with Crippen LogP contribution < -0.4 is 4.72 Å². The van der Waals surface area contributed by atoms with Crippen LogP contribution in [-0.2, 0) is 14.8 Å². The molecule has 106 valence electrons. The molecule has 18 heavy (non-hydrogen) atoms. The van der Waals surface area contributed by atoms with Gasteiger partial charge in [0.25, 0.3) is 0 Å². The summed E-state index contributed by atoms with van der Waals surface area (Å²) in [6.45, 7) is 4.50. The minimum Gasteiger partial charge on any atom is -0.396 e. The Morgan fingerprint density at radius 1 is 1.56 bits per heavy atom. The van der Waals surface area contributed by atoms with Crippen molar-refractivity contribution in [1.82, 2.24) is 9.62 Å². The van der Waals surface area contributed by atoms with Crippen LogP contribution in [0.3, 0.4) is 0 Å². The van der Waals surface area contributed by atoms with Gasteiger partial charge < -0.3 is 10.0 Å². The van der Waals surface area contributed by atoms with Gasteiger partial charge in [-0.25, -0.2) is 13.1 Å². The lowest BCUT2D eigenvalue weighted by atomic mass is 10.1. The molecule has 1 rings (SSSR count). The third-order valence-electron chi connectivity index (χ3n) is 3.06. The molecule has 1 heterocycles. The van der Waals surface area contributed by atoms with Gasteiger partial charge in [-0.3, -0.25) is 4.79 Å². The van der Waals surface area contributed by atoms with Gasteiger partial charge in [-0.1, -0.05) is 6.92 Å². The van der Waals surface area contributed by atoms with E-state index in [0.29, 0.717) is 19.5 Å². The Morgan fingerprint density at radius 2 is 2.22 bits per heavy atom. The number of aliphatic hydroxyl groups excluding tert-OH is 1. The van der Waals surface area contributed by atoms with E-state index in [1.807, 2.05) is 0 Å². The smallest absolute Gasteiger partial charge is 0.240 e. The monoisotopic (exact) mass is 278 g/mol. The Hall–Kier alpha value is -0.660. The number of rotatable bonds is 6. The lowest BCUT2D eigenvalue weighted by Crippen LogP contribution is -2.46. The molecule has 2 N–H and O–H groups in total. The molecule has 1 saturated heterocycles. The lowest BCUT2D eigenvalue weighted by molar-refractivity contribution is -0.131. The molecule has 2 atom stereocenters. The normalized spacial score (nSPS) is 22.2. The zero-order valence-corrected chi connectivity index (χ0v) is 11.7. The average molecular weight is 278 g/mol. The summed E-state index contributed by atoms with van der Waals surface area (Å²) in [5, 5.41) is 9.01. The van der Waals surface area contributed by atoms with Crippen LogP contribution >= 0.6 is 0 Å². The van der Waals surface area contributed by atoms with Crippen LogP contribution in [0.2, 0.25) is 0 Å². The van der Waals surface area contributed by atoms with Gasteiger partial charge in [0.15, 0.2) is 0 Å². The largest absolute Gasteiger partial charge is 0.396 e. The fraction of sp³-hybridized carbons (Fsp3) is 0.909. The van der Waals surface area contributed by atoms with E-state index in [9.17, 15) is 13.2 Å². The third kappa shape index (κ3) is 4.22. The maximum absolute atomic E-state index is 12.0. The topological polar surface area (TPSA) is 86.7 Å². The number of nitrogens with one attached hydrogen (secondary N) is 1. The number of aliphatic hydroxyl groups is 1. The Bertz CT molecular complexity index is 383. The molecule has 0 bridgehead atoms. The summed E-state index contributed by atoms with van der Waals surface area (Å²) >= 11 is 0. The van der Waals surface area contributed by atoms with E-state index in [1.54, 1.807) is 18.7 Å². The summed E-state index contributed by atoms with van der Waals surface area (Å²) in [6, 6.07) is -0.737. The Kier molecular flexibility index (Phi) is 5.55. The number of hydrogen-bond donors (Lipinski definition) is 2. The van der Waals surface area contributed by atoms with Crippen LogP contribution in [0.15, 0.2) is 0 Å². The van der Waals surface area contributed by atoms with Gasteiger partial charge in [0.05, 0.1) is 11.8 Å². The van der Waals surface area contributed by atoms with E-state index in [-0.39, 0.29) is 24.2 Å². The molecule has 7 heteroatoms. The summed E-state index contributed by atoms with van der Waals surface area (Å²) in [4.78, 5) is 13.6. The van der Waals surface area contributed by atoms with Gasteiger partial charge in [-0.05, 0) is 19.8 Å². The lowest BCUT2D eigenvalue weighted by Gasteiger charge is -2.21. The van der Waals surface area contributed by atoms with Gasteiger partial charge in [-0.15, -0.1) is 0 Å². The summed E-state index contributed by atoms with van der Waals surface area (Å²) in [7, 11) is -3.37. The molecule has 0 aromatic rings. The van der Waals surface area contributed by atoms with E-state index >= 15 is 0 Å². The van der Waals surface area contributed by atoms with Crippen molar-refractivity contribution in [3.63, 3.8) is 0 Å². The summed E-state index contributed by atoms with van der Waals surface area (Å²) in [5.41, 5.74) is 0. The number of sulfonamides is 1. The molecule has 1 aliphatic heterocycles. The fourth-order valence-electron chi connectivity index (χ4n) is 2.10. The predicted molar refractivity (Wildman–Crippen MR) is 68.4 cm³/mol. The molecular formula is C11H22N2O4S. The molecule has 6 nitrogen and oxygen atoms in total. The van der Waals surface area contributed by atoms with Gasteiger partial charge in [0.1, 0.15) is 0 Å². The minimum absolute atomic E-state index is 0.0316. The summed E-state index contributed by atoms with van der Waals surface area (Å²) < 4.78 is 25.5. The molecule has 0 radical (unpaired) electrons. The Labute approximate surface area is 108 Å². The van der Waals surface area contributed by atoms with Crippen molar-refractivity contribution in [2.75, 3.05) is 25.4 Å². The molecule has 0 aliphatic carbocycles. The van der Waals surface area contributed by atoms with E-state index in [2.05, 4.69) is 4.72 Å². The van der Waals surface area contributed by atoms with E-state index in [4.69, 9.17) is 5.11 Å². The maximum Gasteiger partial charge on any atom is 0.240 e. The SMILES string of the molecule is CCCS(=O)(=O)NC(C)C(=O)N1CCC(CO)C1. The molecule has 0 aromatic heterocycles.